The summed E-state index contributed by atoms with van der Waals surface area (Å²) in [6, 6.07) is 22.9. The smallest absolute Gasteiger partial charge is 0.128 e. The number of hydrogen-bond donors (Lipinski definition) is 1. The van der Waals surface area contributed by atoms with Crippen LogP contribution in [0.1, 0.15) is 45.4 Å². The first kappa shape index (κ1) is 27.0. The zero-order valence-corrected chi connectivity index (χ0v) is 23.5. The van der Waals surface area contributed by atoms with Crippen LogP contribution >= 0.6 is 0 Å². The highest BCUT2D eigenvalue weighted by molar-refractivity contribution is 5.68. The molecule has 6 rings (SSSR count). The summed E-state index contributed by atoms with van der Waals surface area (Å²) in [5.41, 5.74) is 10.0. The molecule has 0 saturated carbocycles. The Kier molecular flexibility index (Phi) is 8.00. The van der Waals surface area contributed by atoms with E-state index in [0.717, 1.165) is 56.0 Å². The quantitative estimate of drug-likeness (QED) is 0.263. The molecule has 1 saturated heterocycles. The summed E-state index contributed by atoms with van der Waals surface area (Å²) in [6.45, 7) is 5.80. The second kappa shape index (κ2) is 12.1. The molecule has 41 heavy (non-hydrogen) atoms. The van der Waals surface area contributed by atoms with Gasteiger partial charge in [-0.2, -0.15) is 5.26 Å². The van der Waals surface area contributed by atoms with E-state index in [4.69, 9.17) is 9.47 Å². The lowest BCUT2D eigenvalue weighted by Crippen LogP contribution is -2.47. The van der Waals surface area contributed by atoms with Crippen molar-refractivity contribution in [3.8, 4) is 28.7 Å². The van der Waals surface area contributed by atoms with Crippen molar-refractivity contribution in [1.29, 1.82) is 5.26 Å². The summed E-state index contributed by atoms with van der Waals surface area (Å²) in [7, 11) is 0. The van der Waals surface area contributed by atoms with Crippen LogP contribution in [0.3, 0.4) is 0 Å². The fraction of sp³-hybridized carbons (Fsp3) is 0.314. The van der Waals surface area contributed by atoms with Gasteiger partial charge in [-0.25, -0.2) is 0 Å². The zero-order chi connectivity index (χ0) is 28.2. The maximum absolute atomic E-state index is 9.53. The van der Waals surface area contributed by atoms with E-state index in [9.17, 15) is 10.4 Å². The van der Waals surface area contributed by atoms with Gasteiger partial charge in [0, 0.05) is 61.7 Å². The second-order valence-electron chi connectivity index (χ2n) is 11.1. The first-order valence-corrected chi connectivity index (χ1v) is 14.4. The molecule has 1 aromatic heterocycles. The first-order valence-electron chi connectivity index (χ1n) is 14.4. The molecule has 1 N–H and O–H groups in total. The topological polar surface area (TPSA) is 78.6 Å². The molecule has 0 atom stereocenters. The van der Waals surface area contributed by atoms with Crippen molar-refractivity contribution in [2.75, 3.05) is 19.7 Å². The average Bonchev–Trinajstić information content (AvgIpc) is 3.48. The number of aliphatic hydroxyl groups excluding tert-OH is 1. The highest BCUT2D eigenvalue weighted by Crippen LogP contribution is 2.41. The normalized spacial score (nSPS) is 14.8. The van der Waals surface area contributed by atoms with E-state index in [0.29, 0.717) is 24.7 Å². The van der Waals surface area contributed by atoms with Crippen LogP contribution in [0.25, 0.3) is 11.1 Å². The second-order valence-corrected chi connectivity index (χ2v) is 11.1. The number of likely N-dealkylation sites (tertiary alicyclic amines) is 1. The molecule has 1 fully saturated rings. The number of benzene rings is 3. The third kappa shape index (κ3) is 5.83. The van der Waals surface area contributed by atoms with Crippen LogP contribution in [-0.2, 0) is 32.6 Å². The summed E-state index contributed by atoms with van der Waals surface area (Å²) in [6.07, 6.45) is 6.40. The molecule has 0 amide bonds. The third-order valence-corrected chi connectivity index (χ3v) is 8.34. The maximum atomic E-state index is 9.53. The summed E-state index contributed by atoms with van der Waals surface area (Å²) in [4.78, 5) is 6.57. The number of aliphatic hydroxyl groups is 1. The number of hydrogen-bond acceptors (Lipinski definition) is 6. The molecule has 4 aromatic rings. The van der Waals surface area contributed by atoms with Gasteiger partial charge in [-0.1, -0.05) is 48.5 Å². The number of aromatic nitrogens is 1. The van der Waals surface area contributed by atoms with Crippen LogP contribution in [-0.4, -0.2) is 34.7 Å². The molecular weight excluding hydrogens is 510 g/mol. The molecule has 208 valence electrons. The van der Waals surface area contributed by atoms with Crippen LogP contribution < -0.4 is 9.47 Å². The Morgan fingerprint density at radius 3 is 2.56 bits per heavy atom. The number of fused-ring (bicyclic) bond motifs is 1. The number of nitrogens with zero attached hydrogens (tertiary/aromatic N) is 3. The van der Waals surface area contributed by atoms with E-state index in [1.54, 1.807) is 12.4 Å². The molecule has 1 aliphatic heterocycles. The SMILES string of the molecule is Cc1c(COc2cc(OCc3cncc(C#N)c3)c(CN3CC(CO)C3)c3c2CCC3)cccc1-c1ccccc1. The van der Waals surface area contributed by atoms with Crippen molar-refractivity contribution in [1.82, 2.24) is 9.88 Å². The van der Waals surface area contributed by atoms with Crippen molar-refractivity contribution in [2.45, 2.75) is 45.9 Å². The van der Waals surface area contributed by atoms with E-state index in [-0.39, 0.29) is 6.61 Å². The van der Waals surface area contributed by atoms with Crippen LogP contribution in [0, 0.1) is 24.2 Å². The highest BCUT2D eigenvalue weighted by atomic mass is 16.5. The van der Waals surface area contributed by atoms with Crippen LogP contribution in [0.2, 0.25) is 0 Å². The minimum atomic E-state index is 0.234. The monoisotopic (exact) mass is 545 g/mol. The van der Waals surface area contributed by atoms with E-state index in [2.05, 4.69) is 71.4 Å². The Hall–Kier alpha value is -4.18. The van der Waals surface area contributed by atoms with Gasteiger partial charge in [0.05, 0.1) is 5.56 Å². The van der Waals surface area contributed by atoms with Crippen LogP contribution in [0.15, 0.2) is 73.1 Å². The number of pyridine rings is 1. The van der Waals surface area contributed by atoms with Gasteiger partial charge in [0.15, 0.2) is 0 Å². The van der Waals surface area contributed by atoms with Gasteiger partial charge in [0.25, 0.3) is 0 Å². The molecule has 0 bridgehead atoms. The Morgan fingerprint density at radius 2 is 1.76 bits per heavy atom. The molecule has 6 nitrogen and oxygen atoms in total. The number of ether oxygens (including phenoxy) is 2. The molecule has 6 heteroatoms. The van der Waals surface area contributed by atoms with Gasteiger partial charge in [0.1, 0.15) is 30.8 Å². The number of rotatable bonds is 10. The van der Waals surface area contributed by atoms with E-state index >= 15 is 0 Å². The maximum Gasteiger partial charge on any atom is 0.128 e. The molecule has 1 aliphatic carbocycles. The van der Waals surface area contributed by atoms with Crippen molar-refractivity contribution < 1.29 is 14.6 Å². The minimum absolute atomic E-state index is 0.234. The largest absolute Gasteiger partial charge is 0.488 e. The Morgan fingerprint density at radius 1 is 0.951 bits per heavy atom. The molecule has 0 spiro atoms. The van der Waals surface area contributed by atoms with Crippen molar-refractivity contribution in [3.63, 3.8) is 0 Å². The van der Waals surface area contributed by atoms with Crippen molar-refractivity contribution >= 4 is 0 Å². The summed E-state index contributed by atoms with van der Waals surface area (Å²) in [5.74, 6) is 2.07. The molecule has 2 heterocycles. The fourth-order valence-corrected chi connectivity index (χ4v) is 6.08. The Balaban J connectivity index is 1.29. The molecular formula is C35H35N3O3. The zero-order valence-electron chi connectivity index (χ0n) is 23.5. The molecule has 0 unspecified atom stereocenters. The lowest BCUT2D eigenvalue weighted by molar-refractivity contribution is 0.0469. The van der Waals surface area contributed by atoms with Crippen molar-refractivity contribution in [2.24, 2.45) is 5.92 Å². The first-order chi connectivity index (χ1) is 20.1. The van der Waals surface area contributed by atoms with Gasteiger partial charge in [-0.3, -0.25) is 9.88 Å². The van der Waals surface area contributed by atoms with Crippen LogP contribution in [0.4, 0.5) is 0 Å². The van der Waals surface area contributed by atoms with Crippen LogP contribution in [0.5, 0.6) is 11.5 Å². The summed E-state index contributed by atoms with van der Waals surface area (Å²) < 4.78 is 13.0. The third-order valence-electron chi connectivity index (χ3n) is 8.34. The van der Waals surface area contributed by atoms with E-state index in [1.165, 1.54) is 38.9 Å². The van der Waals surface area contributed by atoms with Gasteiger partial charge >= 0.3 is 0 Å². The summed E-state index contributed by atoms with van der Waals surface area (Å²) in [5, 5.41) is 18.8. The van der Waals surface area contributed by atoms with Gasteiger partial charge in [-0.15, -0.1) is 0 Å². The lowest BCUT2D eigenvalue weighted by atomic mass is 9.96. The predicted molar refractivity (Wildman–Crippen MR) is 159 cm³/mol. The Labute approximate surface area is 241 Å². The minimum Gasteiger partial charge on any atom is -0.488 e. The molecule has 2 aliphatic rings. The standard InChI is InChI=1S/C35H35N3O3/c1-24-29(9-5-10-30(24)28-7-3-2-4-8-28)23-41-34-14-35(40-22-26-13-25(15-36)16-37-17-26)33(31-11-6-12-32(31)34)20-38-18-27(19-38)21-39/h2-5,7-10,13-14,16-17,27,39H,6,11-12,18-23H2,1H3. The van der Waals surface area contributed by atoms with E-state index in [1.807, 2.05) is 12.1 Å². The molecule has 3 aromatic carbocycles. The van der Waals surface area contributed by atoms with Gasteiger partial charge in [-0.05, 0) is 65.6 Å². The van der Waals surface area contributed by atoms with Gasteiger partial charge < -0.3 is 14.6 Å². The lowest BCUT2D eigenvalue weighted by Gasteiger charge is -2.39. The van der Waals surface area contributed by atoms with Gasteiger partial charge in [0.2, 0.25) is 0 Å². The summed E-state index contributed by atoms with van der Waals surface area (Å²) >= 11 is 0. The Bertz CT molecular complexity index is 1570. The predicted octanol–water partition coefficient (Wildman–Crippen LogP) is 6.00. The van der Waals surface area contributed by atoms with Crippen molar-refractivity contribution in [3.05, 3.63) is 112 Å². The fourth-order valence-electron chi connectivity index (χ4n) is 6.08. The number of nitriles is 1. The average molecular weight is 546 g/mol. The van der Waals surface area contributed by atoms with E-state index < -0.39 is 0 Å². The highest BCUT2D eigenvalue weighted by Gasteiger charge is 2.30. The molecule has 0 radical (unpaired) electrons.